The Morgan fingerprint density at radius 1 is 0.314 bits per heavy atom. The van der Waals surface area contributed by atoms with Crippen LogP contribution in [-0.2, 0) is 32.5 Å². The van der Waals surface area contributed by atoms with Gasteiger partial charge < -0.3 is 0 Å². The number of rotatable bonds is 0. The summed E-state index contributed by atoms with van der Waals surface area (Å²) < 4.78 is 13.3. The van der Waals surface area contributed by atoms with Gasteiger partial charge in [0, 0.05) is 5.02 Å². The Balaban J connectivity index is 0.00000101. The normalized spacial score (nSPS) is 10.9. The molecule has 8 aromatic rings. The van der Waals surface area contributed by atoms with Crippen molar-refractivity contribution in [2.24, 2.45) is 0 Å². The summed E-state index contributed by atoms with van der Waals surface area (Å²) >= 11 is 12.0. The number of hydrogen-bond acceptors (Lipinski definition) is 5. The van der Waals surface area contributed by atoms with E-state index in [-0.39, 0.29) is 60.6 Å². The summed E-state index contributed by atoms with van der Waals surface area (Å²) in [5.41, 5.74) is 12.9. The van der Waals surface area contributed by atoms with Crippen LogP contribution in [0, 0.1) is 76.3 Å². The average molecular weight is 1190 g/mol. The van der Waals surface area contributed by atoms with Gasteiger partial charge in [0.2, 0.25) is 0 Å². The topological polar surface area (TPSA) is 119 Å². The molecule has 0 saturated carbocycles. The van der Waals surface area contributed by atoms with Gasteiger partial charge in [0.25, 0.3) is 0 Å². The zero-order valence-corrected chi connectivity index (χ0v) is 54.2. The van der Waals surface area contributed by atoms with E-state index in [1.807, 2.05) is 119 Å². The molecule has 0 unspecified atom stereocenters. The quantitative estimate of drug-likeness (QED) is 0.150. The molecule has 0 fully saturated rings. The molecule has 8 rings (SSSR count). The second kappa shape index (κ2) is 32.7. The summed E-state index contributed by atoms with van der Waals surface area (Å²) in [6.45, 7) is 42.4. The Kier molecular flexibility index (Phi) is 29.7. The maximum Gasteiger partial charge on any atom is 0.127 e. The minimum atomic E-state index is -0.0994. The highest BCUT2D eigenvalue weighted by Crippen LogP contribution is 2.35. The van der Waals surface area contributed by atoms with Crippen LogP contribution in [0.15, 0.2) is 146 Å². The van der Waals surface area contributed by atoms with Gasteiger partial charge in [0.1, 0.15) is 11.9 Å². The first kappa shape index (κ1) is 78.2. The lowest BCUT2D eigenvalue weighted by atomic mass is 9.82. The molecule has 0 aliphatic carbocycles. The SMILES string of the molecule is C.C.C.CC(C)(C)c1ccc(C#N)c(Cl)c1.CC(C)(C)c1ccc(C#N)c2ccccc12.CC(C)(C)c1ccc(C#N)cc1.CC(C)(C)c1ccc(C#N)cc1Cl.Cc1ccc(C(C)(C)C)c(F)c1.Cc1ccc2c(C#N)ccc(C(C)(C)C)c2c1. The molecule has 0 N–H and O–H groups in total. The highest BCUT2D eigenvalue weighted by molar-refractivity contribution is 6.32. The molecule has 86 heavy (non-hydrogen) atoms. The average Bonchev–Trinajstić information content (AvgIpc) is 1.13. The van der Waals surface area contributed by atoms with Gasteiger partial charge in [-0.05, 0) is 161 Å². The van der Waals surface area contributed by atoms with Crippen molar-refractivity contribution in [3.05, 3.63) is 234 Å². The fourth-order valence-corrected chi connectivity index (χ4v) is 9.49. The van der Waals surface area contributed by atoms with Crippen LogP contribution in [0.2, 0.25) is 10.0 Å². The van der Waals surface area contributed by atoms with E-state index >= 15 is 0 Å². The number of nitriles is 5. The van der Waals surface area contributed by atoms with Gasteiger partial charge >= 0.3 is 0 Å². The molecule has 0 amide bonds. The molecule has 0 spiro atoms. The molecule has 0 atom stereocenters. The number of aryl methyl sites for hydroxylation is 2. The van der Waals surface area contributed by atoms with Gasteiger partial charge in [-0.25, -0.2) is 4.39 Å². The third-order valence-corrected chi connectivity index (χ3v) is 14.3. The lowest BCUT2D eigenvalue weighted by Gasteiger charge is -2.22. The van der Waals surface area contributed by atoms with E-state index in [4.69, 9.17) is 49.5 Å². The van der Waals surface area contributed by atoms with E-state index in [9.17, 15) is 4.39 Å². The number of benzene rings is 8. The van der Waals surface area contributed by atoms with Crippen molar-refractivity contribution in [2.75, 3.05) is 0 Å². The van der Waals surface area contributed by atoms with Crippen LogP contribution in [0.5, 0.6) is 0 Å². The van der Waals surface area contributed by atoms with E-state index < -0.39 is 0 Å². The molecular formula is C78H96Cl2FN5. The molecule has 8 aromatic carbocycles. The van der Waals surface area contributed by atoms with Crippen LogP contribution in [-0.4, -0.2) is 0 Å². The van der Waals surface area contributed by atoms with Crippen LogP contribution >= 0.6 is 23.2 Å². The fourth-order valence-electron chi connectivity index (χ4n) is 8.80. The van der Waals surface area contributed by atoms with Crippen LogP contribution in [0.4, 0.5) is 4.39 Å². The largest absolute Gasteiger partial charge is 0.207 e. The van der Waals surface area contributed by atoms with E-state index in [0.29, 0.717) is 21.2 Å². The van der Waals surface area contributed by atoms with E-state index in [1.165, 1.54) is 33.0 Å². The Labute approximate surface area is 529 Å². The van der Waals surface area contributed by atoms with E-state index in [0.717, 1.165) is 49.7 Å². The van der Waals surface area contributed by atoms with Gasteiger partial charge in [0.05, 0.1) is 57.1 Å². The van der Waals surface area contributed by atoms with Crippen LogP contribution in [0.25, 0.3) is 21.5 Å². The summed E-state index contributed by atoms with van der Waals surface area (Å²) in [5.74, 6) is -0.0949. The Bertz CT molecular complexity index is 3740. The maximum absolute atomic E-state index is 13.3. The number of nitrogens with zero attached hydrogens (tertiary/aromatic N) is 5. The van der Waals surface area contributed by atoms with E-state index in [2.05, 4.69) is 171 Å². The molecule has 0 aromatic heterocycles. The third kappa shape index (κ3) is 22.9. The predicted molar refractivity (Wildman–Crippen MR) is 369 cm³/mol. The molecule has 0 bridgehead atoms. The first-order valence-electron chi connectivity index (χ1n) is 27.9. The highest BCUT2D eigenvalue weighted by atomic mass is 35.5. The maximum atomic E-state index is 13.3. The van der Waals surface area contributed by atoms with Gasteiger partial charge in [-0.15, -0.1) is 0 Å². The second-order valence-electron chi connectivity index (χ2n) is 26.9. The highest BCUT2D eigenvalue weighted by Gasteiger charge is 2.21. The predicted octanol–water partition coefficient (Wildman–Crippen LogP) is 23.5. The molecule has 0 saturated heterocycles. The van der Waals surface area contributed by atoms with Gasteiger partial charge in [0.15, 0.2) is 0 Å². The monoisotopic (exact) mass is 1190 g/mol. The molecular weight excluding hydrogens is 1100 g/mol. The first-order chi connectivity index (χ1) is 38.3. The second-order valence-corrected chi connectivity index (χ2v) is 27.7. The molecule has 0 heterocycles. The van der Waals surface area contributed by atoms with Crippen molar-refractivity contribution in [3.8, 4) is 30.3 Å². The van der Waals surface area contributed by atoms with E-state index in [1.54, 1.807) is 24.3 Å². The number of hydrogen-bond donors (Lipinski definition) is 0. The minimum absolute atomic E-state index is 0. The molecule has 0 aliphatic heterocycles. The molecule has 0 aliphatic rings. The van der Waals surface area contributed by atoms with Crippen molar-refractivity contribution >= 4 is 44.7 Å². The van der Waals surface area contributed by atoms with Crippen LogP contribution < -0.4 is 0 Å². The first-order valence-corrected chi connectivity index (χ1v) is 28.6. The smallest absolute Gasteiger partial charge is 0.127 e. The van der Waals surface area contributed by atoms with Crippen molar-refractivity contribution in [1.29, 1.82) is 26.3 Å². The van der Waals surface area contributed by atoms with Gasteiger partial charge in [-0.2, -0.15) is 26.3 Å². The standard InChI is InChI=1S/C16H17N.C15H15N.2C11H12ClN.C11H15F.C11H13N.3CH4/c1-11-5-7-13-12(10-17)6-8-15(14(13)9-11)16(2,3)4;1-15(2,3)14-9-8-11(10-16)12-6-4-5-7-13(12)14;1-11(2,3)9-5-4-8(7-13)10(12)6-9;1-11(2,3)9-5-4-8(7-13)6-10(9)12;1-8-5-6-9(10(12)7-8)11(2,3)4;1-11(2,3)10-6-4-9(8-12)5-7-10;;;/h5-9H,1-4H3;4-9H,1-3H3;2*4-6H,1-3H3;5-7H,1-4H3;4-7H,1-3H3;3*1H4. The van der Waals surface area contributed by atoms with Crippen molar-refractivity contribution in [3.63, 3.8) is 0 Å². The van der Waals surface area contributed by atoms with Crippen molar-refractivity contribution in [2.45, 2.75) is 193 Å². The van der Waals surface area contributed by atoms with Gasteiger partial charge in [-0.3, -0.25) is 0 Å². The molecule has 5 nitrogen and oxygen atoms in total. The van der Waals surface area contributed by atoms with Gasteiger partial charge in [-0.1, -0.05) is 267 Å². The molecule has 8 heteroatoms. The summed E-state index contributed by atoms with van der Waals surface area (Å²) in [4.78, 5) is 0. The number of halogens is 3. The van der Waals surface area contributed by atoms with Crippen molar-refractivity contribution < 1.29 is 4.39 Å². The van der Waals surface area contributed by atoms with Crippen LogP contribution in [0.3, 0.4) is 0 Å². The Morgan fingerprint density at radius 2 is 0.686 bits per heavy atom. The fraction of sp³-hybridized carbons (Fsp3) is 0.372. The lowest BCUT2D eigenvalue weighted by Crippen LogP contribution is -2.13. The minimum Gasteiger partial charge on any atom is -0.207 e. The Hall–Kier alpha value is -7.76. The van der Waals surface area contributed by atoms with Crippen LogP contribution in [0.1, 0.15) is 219 Å². The Morgan fingerprint density at radius 3 is 1.09 bits per heavy atom. The lowest BCUT2D eigenvalue weighted by molar-refractivity contribution is 0.522. The zero-order valence-electron chi connectivity index (χ0n) is 52.7. The zero-order chi connectivity index (χ0) is 63.1. The molecule has 0 radical (unpaired) electrons. The summed E-state index contributed by atoms with van der Waals surface area (Å²) in [6, 6.07) is 57.3. The summed E-state index contributed by atoms with van der Waals surface area (Å²) in [6.07, 6.45) is 0. The summed E-state index contributed by atoms with van der Waals surface area (Å²) in [5, 5.41) is 49.9. The summed E-state index contributed by atoms with van der Waals surface area (Å²) in [7, 11) is 0. The van der Waals surface area contributed by atoms with Crippen molar-refractivity contribution in [1.82, 2.24) is 0 Å². The molecule has 454 valence electrons. The third-order valence-electron chi connectivity index (χ3n) is 13.6. The number of fused-ring (bicyclic) bond motifs is 2.